The summed E-state index contributed by atoms with van der Waals surface area (Å²) < 4.78 is 30.1. The highest BCUT2D eigenvalue weighted by Gasteiger charge is 2.64. The first-order valence-corrected chi connectivity index (χ1v) is 12.6. The maximum Gasteiger partial charge on any atom is 0.272 e. The Kier molecular flexibility index (Phi) is 8.76. The molecule has 1 heterocycles. The van der Waals surface area contributed by atoms with E-state index < -0.39 is 53.8 Å². The number of rotatable bonds is 9. The van der Waals surface area contributed by atoms with E-state index in [2.05, 4.69) is 10.6 Å². The third-order valence-corrected chi connectivity index (χ3v) is 7.19. The molecule has 0 spiro atoms. The largest absolute Gasteiger partial charge is 0.508 e. The number of aliphatic hydroxyl groups excluding tert-OH is 1. The van der Waals surface area contributed by atoms with Crippen molar-refractivity contribution in [3.8, 4) is 5.75 Å². The van der Waals surface area contributed by atoms with Gasteiger partial charge in [-0.15, -0.1) is 0 Å². The lowest BCUT2D eigenvalue weighted by Crippen LogP contribution is -2.57. The van der Waals surface area contributed by atoms with Gasteiger partial charge in [-0.25, -0.2) is 8.78 Å². The van der Waals surface area contributed by atoms with E-state index in [0.717, 1.165) is 4.90 Å². The Morgan fingerprint density at radius 2 is 1.76 bits per heavy atom. The summed E-state index contributed by atoms with van der Waals surface area (Å²) >= 11 is 0. The van der Waals surface area contributed by atoms with E-state index in [1.54, 1.807) is 37.3 Å². The molecule has 0 radical (unpaired) electrons. The van der Waals surface area contributed by atoms with Gasteiger partial charge in [-0.05, 0) is 37.5 Å². The first-order valence-electron chi connectivity index (χ1n) is 12.6. The molecule has 0 saturated carbocycles. The molecule has 3 rings (SSSR count). The minimum absolute atomic E-state index is 0.0116. The van der Waals surface area contributed by atoms with Crippen molar-refractivity contribution in [1.29, 1.82) is 0 Å². The number of halogens is 2. The zero-order valence-electron chi connectivity index (χ0n) is 22.0. The predicted molar refractivity (Wildman–Crippen MR) is 138 cm³/mol. The van der Waals surface area contributed by atoms with Gasteiger partial charge in [-0.2, -0.15) is 0 Å². The monoisotopic (exact) mass is 531 g/mol. The van der Waals surface area contributed by atoms with E-state index in [1.807, 2.05) is 6.92 Å². The van der Waals surface area contributed by atoms with Crippen molar-refractivity contribution in [1.82, 2.24) is 15.5 Å². The van der Waals surface area contributed by atoms with Crippen LogP contribution in [0.15, 0.2) is 48.5 Å². The Morgan fingerprint density at radius 1 is 1.11 bits per heavy atom. The highest BCUT2D eigenvalue weighted by Crippen LogP contribution is 2.48. The quantitative estimate of drug-likeness (QED) is 0.397. The van der Waals surface area contributed by atoms with Gasteiger partial charge in [0.25, 0.3) is 17.7 Å². The van der Waals surface area contributed by atoms with E-state index in [9.17, 15) is 24.6 Å². The average molecular weight is 532 g/mol. The Bertz CT molecular complexity index is 1170. The predicted octanol–water partition coefficient (Wildman–Crippen LogP) is 2.80. The number of nitrogens with zero attached hydrogens (tertiary/aromatic N) is 1. The van der Waals surface area contributed by atoms with Crippen molar-refractivity contribution in [2.24, 2.45) is 5.41 Å². The fourth-order valence-electron chi connectivity index (χ4n) is 4.69. The zero-order valence-corrected chi connectivity index (χ0v) is 22.0. The van der Waals surface area contributed by atoms with E-state index >= 15 is 8.78 Å². The molecule has 4 N–H and O–H groups in total. The van der Waals surface area contributed by atoms with Gasteiger partial charge in [0.05, 0.1) is 18.0 Å². The Labute approximate surface area is 221 Å². The molecule has 1 saturated heterocycles. The number of alkyl halides is 2. The fraction of sp³-hybridized carbons (Fsp3) is 0.464. The number of phenolic OH excluding ortho intramolecular Hbond substituents is 1. The van der Waals surface area contributed by atoms with Gasteiger partial charge in [-0.1, -0.05) is 57.2 Å². The minimum Gasteiger partial charge on any atom is -0.508 e. The summed E-state index contributed by atoms with van der Waals surface area (Å²) in [7, 11) is 0. The number of aliphatic hydroxyl groups is 1. The second-order valence-electron chi connectivity index (χ2n) is 10.3. The maximum absolute atomic E-state index is 15.0. The van der Waals surface area contributed by atoms with Gasteiger partial charge in [0.2, 0.25) is 5.91 Å². The van der Waals surface area contributed by atoms with Crippen molar-refractivity contribution in [3.63, 3.8) is 0 Å². The third kappa shape index (κ3) is 5.80. The zero-order chi connectivity index (χ0) is 28.3. The lowest BCUT2D eigenvalue weighted by molar-refractivity contribution is -0.148. The summed E-state index contributed by atoms with van der Waals surface area (Å²) in [4.78, 5) is 40.3. The topological polar surface area (TPSA) is 119 Å². The smallest absolute Gasteiger partial charge is 0.272 e. The standard InChI is InChI=1S/C28H35F2N3O5/c1-5-14-31-25(37)23-27(3,4)28(29,30)16-33(23)26(38)22(35)20(15-18-10-7-6-8-11-18)32-24(36)19-12-9-13-21(34)17(19)2/h6-13,20,22-23,34-35H,5,14-16H2,1-4H3,(H,31,37)(H,32,36)/t20-,22-,23+/m0/s1. The van der Waals surface area contributed by atoms with Gasteiger partial charge in [0.15, 0.2) is 6.10 Å². The summed E-state index contributed by atoms with van der Waals surface area (Å²) in [5.74, 6) is -5.96. The van der Waals surface area contributed by atoms with Crippen LogP contribution in [0.3, 0.4) is 0 Å². The molecule has 0 aromatic heterocycles. The molecule has 1 aliphatic rings. The summed E-state index contributed by atoms with van der Waals surface area (Å²) in [5, 5.41) is 26.4. The van der Waals surface area contributed by atoms with Crippen LogP contribution in [0.5, 0.6) is 5.75 Å². The van der Waals surface area contributed by atoms with Crippen LogP contribution < -0.4 is 10.6 Å². The van der Waals surface area contributed by atoms with Crippen molar-refractivity contribution in [2.75, 3.05) is 13.1 Å². The van der Waals surface area contributed by atoms with Crippen LogP contribution in [-0.2, 0) is 16.0 Å². The van der Waals surface area contributed by atoms with Crippen LogP contribution in [0.1, 0.15) is 48.7 Å². The number of hydrogen-bond donors (Lipinski definition) is 4. The number of phenols is 1. The van der Waals surface area contributed by atoms with Crippen molar-refractivity contribution >= 4 is 17.7 Å². The van der Waals surface area contributed by atoms with Crippen LogP contribution in [-0.4, -0.2) is 70.0 Å². The SMILES string of the molecule is CCCNC(=O)[C@H]1N(C(=O)[C@@H](O)[C@H](Cc2ccccc2)NC(=O)c2cccc(O)c2C)CC(F)(F)C1(C)C. The molecule has 0 aliphatic carbocycles. The van der Waals surface area contributed by atoms with E-state index in [-0.39, 0.29) is 24.3 Å². The third-order valence-electron chi connectivity index (χ3n) is 7.19. The summed E-state index contributed by atoms with van der Waals surface area (Å²) in [6, 6.07) is 10.4. The van der Waals surface area contributed by atoms with Gasteiger partial charge in [0, 0.05) is 17.7 Å². The molecule has 3 atom stereocenters. The number of likely N-dealkylation sites (tertiary alicyclic amines) is 1. The molecule has 1 aliphatic heterocycles. The van der Waals surface area contributed by atoms with E-state index in [4.69, 9.17) is 0 Å². The van der Waals surface area contributed by atoms with Gasteiger partial charge in [-0.3, -0.25) is 14.4 Å². The molecular formula is C28H35F2N3O5. The highest BCUT2D eigenvalue weighted by atomic mass is 19.3. The van der Waals surface area contributed by atoms with E-state index in [0.29, 0.717) is 17.5 Å². The van der Waals surface area contributed by atoms with Gasteiger partial charge >= 0.3 is 0 Å². The number of carbonyl (C=O) groups is 3. The van der Waals surface area contributed by atoms with Crippen LogP contribution >= 0.6 is 0 Å². The summed E-state index contributed by atoms with van der Waals surface area (Å²) in [6.45, 7) is 5.00. The summed E-state index contributed by atoms with van der Waals surface area (Å²) in [6.07, 6.45) is -1.34. The molecule has 2 aromatic rings. The molecule has 3 amide bonds. The number of benzene rings is 2. The number of hydrogen-bond acceptors (Lipinski definition) is 5. The van der Waals surface area contributed by atoms with Crippen molar-refractivity contribution in [3.05, 3.63) is 65.2 Å². The Balaban J connectivity index is 1.94. The molecule has 8 nitrogen and oxygen atoms in total. The maximum atomic E-state index is 15.0. The van der Waals surface area contributed by atoms with Gasteiger partial charge in [0.1, 0.15) is 11.8 Å². The normalized spacial score (nSPS) is 19.4. The van der Waals surface area contributed by atoms with E-state index in [1.165, 1.54) is 32.0 Å². The van der Waals surface area contributed by atoms with Gasteiger partial charge < -0.3 is 25.7 Å². The number of nitrogens with one attached hydrogen (secondary N) is 2. The number of carbonyl (C=O) groups excluding carboxylic acids is 3. The molecule has 0 unspecified atom stereocenters. The molecular weight excluding hydrogens is 496 g/mol. The lowest BCUT2D eigenvalue weighted by Gasteiger charge is -2.34. The van der Waals surface area contributed by atoms with Crippen molar-refractivity contribution < 1.29 is 33.4 Å². The molecule has 10 heteroatoms. The molecule has 2 aromatic carbocycles. The molecule has 206 valence electrons. The Hall–Kier alpha value is -3.53. The van der Waals surface area contributed by atoms with Crippen LogP contribution in [0.25, 0.3) is 0 Å². The second-order valence-corrected chi connectivity index (χ2v) is 10.3. The van der Waals surface area contributed by atoms with Crippen LogP contribution in [0.2, 0.25) is 0 Å². The summed E-state index contributed by atoms with van der Waals surface area (Å²) in [5.41, 5.74) is -0.773. The fourth-order valence-corrected chi connectivity index (χ4v) is 4.69. The molecule has 38 heavy (non-hydrogen) atoms. The molecule has 1 fully saturated rings. The number of aromatic hydroxyl groups is 1. The average Bonchev–Trinajstić information content (AvgIpc) is 3.07. The van der Waals surface area contributed by atoms with Crippen LogP contribution in [0, 0.1) is 12.3 Å². The Morgan fingerprint density at radius 3 is 2.39 bits per heavy atom. The van der Waals surface area contributed by atoms with Crippen molar-refractivity contribution in [2.45, 2.75) is 64.6 Å². The number of amides is 3. The highest BCUT2D eigenvalue weighted by molar-refractivity contribution is 5.97. The second kappa shape index (κ2) is 11.5. The minimum atomic E-state index is -3.40. The molecule has 0 bridgehead atoms. The lowest BCUT2D eigenvalue weighted by atomic mass is 9.81. The first kappa shape index (κ1) is 29.0. The van der Waals surface area contributed by atoms with Crippen LogP contribution in [0.4, 0.5) is 8.78 Å². The first-order chi connectivity index (χ1) is 17.8.